The standard InChI is InChI=1S/C11H21N3O/c1-4-10-12-6-7-14(10)8-11(3,9-15)13-5-2/h6-7,13,15H,4-5,8-9H2,1-3H3. The van der Waals surface area contributed by atoms with E-state index in [2.05, 4.69) is 21.8 Å². The first-order chi connectivity index (χ1) is 7.15. The number of likely N-dealkylation sites (N-methyl/N-ethyl adjacent to an activating group) is 1. The van der Waals surface area contributed by atoms with Crippen LogP contribution >= 0.6 is 0 Å². The Morgan fingerprint density at radius 2 is 2.27 bits per heavy atom. The van der Waals surface area contributed by atoms with Crippen LogP contribution in [-0.2, 0) is 13.0 Å². The number of imidazole rings is 1. The number of rotatable bonds is 6. The molecule has 0 bridgehead atoms. The molecule has 1 aromatic rings. The Bertz CT molecular complexity index is 298. The maximum atomic E-state index is 9.38. The van der Waals surface area contributed by atoms with Crippen molar-refractivity contribution in [1.29, 1.82) is 0 Å². The molecule has 0 amide bonds. The first-order valence-electron chi connectivity index (χ1n) is 5.51. The lowest BCUT2D eigenvalue weighted by molar-refractivity contribution is 0.158. The average molecular weight is 211 g/mol. The van der Waals surface area contributed by atoms with Crippen LogP contribution in [0.5, 0.6) is 0 Å². The fourth-order valence-electron chi connectivity index (χ4n) is 1.76. The fourth-order valence-corrected chi connectivity index (χ4v) is 1.76. The number of aliphatic hydroxyl groups excluding tert-OH is 1. The number of aliphatic hydroxyl groups is 1. The van der Waals surface area contributed by atoms with E-state index in [9.17, 15) is 5.11 Å². The largest absolute Gasteiger partial charge is 0.394 e. The molecular weight excluding hydrogens is 190 g/mol. The molecule has 4 heteroatoms. The summed E-state index contributed by atoms with van der Waals surface area (Å²) in [7, 11) is 0. The number of hydrogen-bond acceptors (Lipinski definition) is 3. The molecule has 1 atom stereocenters. The van der Waals surface area contributed by atoms with E-state index in [1.807, 2.05) is 26.2 Å². The monoisotopic (exact) mass is 211 g/mol. The summed E-state index contributed by atoms with van der Waals surface area (Å²) in [6.07, 6.45) is 4.69. The molecule has 0 aromatic carbocycles. The van der Waals surface area contributed by atoms with Gasteiger partial charge in [-0.25, -0.2) is 4.98 Å². The molecule has 0 saturated carbocycles. The van der Waals surface area contributed by atoms with Crippen LogP contribution in [0.3, 0.4) is 0 Å². The van der Waals surface area contributed by atoms with Crippen molar-refractivity contribution in [1.82, 2.24) is 14.9 Å². The van der Waals surface area contributed by atoms with Crippen LogP contribution in [0, 0.1) is 0 Å². The van der Waals surface area contributed by atoms with Crippen molar-refractivity contribution < 1.29 is 5.11 Å². The first-order valence-corrected chi connectivity index (χ1v) is 5.51. The van der Waals surface area contributed by atoms with Gasteiger partial charge >= 0.3 is 0 Å². The average Bonchev–Trinajstić information content (AvgIpc) is 2.65. The molecule has 0 fully saturated rings. The minimum atomic E-state index is -0.265. The molecule has 86 valence electrons. The zero-order chi connectivity index (χ0) is 11.3. The molecule has 4 nitrogen and oxygen atoms in total. The number of nitrogens with zero attached hydrogens (tertiary/aromatic N) is 2. The van der Waals surface area contributed by atoms with Crippen molar-refractivity contribution >= 4 is 0 Å². The zero-order valence-corrected chi connectivity index (χ0v) is 9.82. The topological polar surface area (TPSA) is 50.1 Å². The minimum absolute atomic E-state index is 0.127. The lowest BCUT2D eigenvalue weighted by Crippen LogP contribution is -2.49. The van der Waals surface area contributed by atoms with Gasteiger partial charge in [0, 0.05) is 25.4 Å². The molecule has 0 radical (unpaired) electrons. The SMILES string of the molecule is CCNC(C)(CO)Cn1ccnc1CC. The van der Waals surface area contributed by atoms with Crippen LogP contribution in [0.4, 0.5) is 0 Å². The van der Waals surface area contributed by atoms with Gasteiger partial charge in [-0.2, -0.15) is 0 Å². The summed E-state index contributed by atoms with van der Waals surface area (Å²) < 4.78 is 2.10. The van der Waals surface area contributed by atoms with Gasteiger partial charge in [0.15, 0.2) is 0 Å². The number of hydrogen-bond donors (Lipinski definition) is 2. The lowest BCUT2D eigenvalue weighted by atomic mass is 10.0. The highest BCUT2D eigenvalue weighted by atomic mass is 16.3. The molecule has 1 heterocycles. The van der Waals surface area contributed by atoms with Gasteiger partial charge in [-0.05, 0) is 13.5 Å². The van der Waals surface area contributed by atoms with Gasteiger partial charge in [0.1, 0.15) is 5.82 Å². The highest BCUT2D eigenvalue weighted by Crippen LogP contribution is 2.09. The highest BCUT2D eigenvalue weighted by Gasteiger charge is 2.23. The van der Waals surface area contributed by atoms with Gasteiger partial charge in [-0.3, -0.25) is 0 Å². The quantitative estimate of drug-likeness (QED) is 0.732. The highest BCUT2D eigenvalue weighted by molar-refractivity contribution is 4.95. The van der Waals surface area contributed by atoms with Gasteiger partial charge in [0.2, 0.25) is 0 Å². The normalized spacial score (nSPS) is 15.2. The molecule has 2 N–H and O–H groups in total. The Balaban J connectivity index is 2.74. The van der Waals surface area contributed by atoms with E-state index in [4.69, 9.17) is 0 Å². The second kappa shape index (κ2) is 5.28. The van der Waals surface area contributed by atoms with E-state index in [0.29, 0.717) is 0 Å². The Morgan fingerprint density at radius 3 is 2.80 bits per heavy atom. The Morgan fingerprint density at radius 1 is 1.53 bits per heavy atom. The third-order valence-electron chi connectivity index (χ3n) is 2.59. The summed E-state index contributed by atoms with van der Waals surface area (Å²) in [6.45, 7) is 7.89. The van der Waals surface area contributed by atoms with Crippen molar-refractivity contribution in [3.63, 3.8) is 0 Å². The molecular formula is C11H21N3O. The van der Waals surface area contributed by atoms with Crippen molar-refractivity contribution in [3.8, 4) is 0 Å². The third kappa shape index (κ3) is 3.04. The van der Waals surface area contributed by atoms with Crippen LogP contribution in [0.25, 0.3) is 0 Å². The smallest absolute Gasteiger partial charge is 0.108 e. The molecule has 0 aliphatic rings. The van der Waals surface area contributed by atoms with Crippen LogP contribution < -0.4 is 5.32 Å². The van der Waals surface area contributed by atoms with Crippen LogP contribution in [0.2, 0.25) is 0 Å². The van der Waals surface area contributed by atoms with Crippen molar-refractivity contribution in [2.24, 2.45) is 0 Å². The van der Waals surface area contributed by atoms with E-state index in [0.717, 1.165) is 25.3 Å². The Labute approximate surface area is 91.3 Å². The van der Waals surface area contributed by atoms with Crippen LogP contribution in [0.1, 0.15) is 26.6 Å². The van der Waals surface area contributed by atoms with E-state index in [-0.39, 0.29) is 12.1 Å². The fraction of sp³-hybridized carbons (Fsp3) is 0.727. The van der Waals surface area contributed by atoms with E-state index in [1.54, 1.807) is 0 Å². The second-order valence-electron chi connectivity index (χ2n) is 4.07. The van der Waals surface area contributed by atoms with Crippen molar-refractivity contribution in [2.45, 2.75) is 39.3 Å². The van der Waals surface area contributed by atoms with E-state index < -0.39 is 0 Å². The second-order valence-corrected chi connectivity index (χ2v) is 4.07. The van der Waals surface area contributed by atoms with Crippen molar-refractivity contribution in [3.05, 3.63) is 18.2 Å². The Kier molecular flexibility index (Phi) is 4.29. The predicted octanol–water partition coefficient (Wildman–Crippen LogP) is 0.806. The lowest BCUT2D eigenvalue weighted by Gasteiger charge is -2.29. The number of aryl methyl sites for hydroxylation is 1. The maximum Gasteiger partial charge on any atom is 0.108 e. The molecule has 1 rings (SSSR count). The first kappa shape index (κ1) is 12.2. The summed E-state index contributed by atoms with van der Waals surface area (Å²) in [4.78, 5) is 4.27. The number of aromatic nitrogens is 2. The number of nitrogens with one attached hydrogen (secondary N) is 1. The molecule has 1 unspecified atom stereocenters. The van der Waals surface area contributed by atoms with Gasteiger partial charge < -0.3 is 15.0 Å². The summed E-state index contributed by atoms with van der Waals surface area (Å²) in [5.41, 5.74) is -0.265. The molecule has 0 aliphatic heterocycles. The third-order valence-corrected chi connectivity index (χ3v) is 2.59. The van der Waals surface area contributed by atoms with Gasteiger partial charge in [0.25, 0.3) is 0 Å². The summed E-state index contributed by atoms with van der Waals surface area (Å²) in [5.74, 6) is 1.06. The zero-order valence-electron chi connectivity index (χ0n) is 9.82. The maximum absolute atomic E-state index is 9.38. The van der Waals surface area contributed by atoms with Gasteiger partial charge in [0.05, 0.1) is 12.1 Å². The predicted molar refractivity (Wildman–Crippen MR) is 60.8 cm³/mol. The van der Waals surface area contributed by atoms with Gasteiger partial charge in [-0.15, -0.1) is 0 Å². The molecule has 0 aliphatic carbocycles. The summed E-state index contributed by atoms with van der Waals surface area (Å²) >= 11 is 0. The molecule has 0 saturated heterocycles. The minimum Gasteiger partial charge on any atom is -0.394 e. The molecule has 1 aromatic heterocycles. The van der Waals surface area contributed by atoms with Crippen molar-refractivity contribution in [2.75, 3.05) is 13.2 Å². The van der Waals surface area contributed by atoms with Gasteiger partial charge in [-0.1, -0.05) is 13.8 Å². The summed E-state index contributed by atoms with van der Waals surface area (Å²) in [6, 6.07) is 0. The molecule has 15 heavy (non-hydrogen) atoms. The Hall–Kier alpha value is -0.870. The van der Waals surface area contributed by atoms with Crippen LogP contribution in [0.15, 0.2) is 12.4 Å². The van der Waals surface area contributed by atoms with E-state index >= 15 is 0 Å². The summed E-state index contributed by atoms with van der Waals surface area (Å²) in [5, 5.41) is 12.7. The van der Waals surface area contributed by atoms with Crippen LogP contribution in [-0.4, -0.2) is 33.3 Å². The molecule has 0 spiro atoms. The van der Waals surface area contributed by atoms with E-state index in [1.165, 1.54) is 0 Å².